The molecule has 12 nitrogen and oxygen atoms in total. The van der Waals surface area contributed by atoms with Crippen molar-refractivity contribution >= 4 is 19.3 Å². The molecule has 1 unspecified atom stereocenters. The molecule has 13 heteroatoms. The summed E-state index contributed by atoms with van der Waals surface area (Å²) in [6.45, 7) is 4.72. The van der Waals surface area contributed by atoms with E-state index in [4.69, 9.17) is 23.0 Å². The second kappa shape index (κ2) is 9.61. The molecule has 0 radical (unpaired) electrons. The van der Waals surface area contributed by atoms with Crippen molar-refractivity contribution in [2.75, 3.05) is 6.61 Å². The van der Waals surface area contributed by atoms with E-state index in [9.17, 15) is 19.7 Å². The number of nitrogens with zero attached hydrogens (tertiary/aromatic N) is 4. The number of fused-ring (bicyclic) bond motifs is 2. The second-order valence-electron chi connectivity index (χ2n) is 9.01. The lowest BCUT2D eigenvalue weighted by atomic mass is 9.92. The number of hydrogen-bond acceptors (Lipinski definition) is 11. The third-order valence-corrected chi connectivity index (χ3v) is 7.64. The van der Waals surface area contributed by atoms with Crippen LogP contribution in [0, 0.1) is 18.3 Å². The molecule has 1 N–H and O–H groups in total. The second-order valence-corrected chi connectivity index (χ2v) is 10.6. The molecular formula is C24H25N4O8P. The van der Waals surface area contributed by atoms with Crippen molar-refractivity contribution in [3.05, 3.63) is 65.2 Å². The van der Waals surface area contributed by atoms with Crippen LogP contribution in [-0.2, 0) is 39.8 Å². The number of benzene rings is 1. The van der Waals surface area contributed by atoms with Gasteiger partial charge in [0.15, 0.2) is 0 Å². The zero-order valence-corrected chi connectivity index (χ0v) is 21.2. The van der Waals surface area contributed by atoms with Gasteiger partial charge in [0.1, 0.15) is 30.7 Å². The summed E-state index contributed by atoms with van der Waals surface area (Å²) in [5, 5.41) is 25.6. The molecule has 2 aromatic heterocycles. The predicted molar refractivity (Wildman–Crippen MR) is 126 cm³/mol. The van der Waals surface area contributed by atoms with Gasteiger partial charge >= 0.3 is 13.8 Å². The molecule has 2 aliphatic heterocycles. The molecule has 2 fully saturated rings. The maximum Gasteiger partial charge on any atom is 0.475 e. The zero-order valence-electron chi connectivity index (χ0n) is 20.3. The van der Waals surface area contributed by atoms with Gasteiger partial charge in [0.2, 0.25) is 5.60 Å². The fourth-order valence-corrected chi connectivity index (χ4v) is 5.82. The van der Waals surface area contributed by atoms with E-state index in [0.717, 1.165) is 0 Å². The summed E-state index contributed by atoms with van der Waals surface area (Å²) >= 11 is 0. The predicted octanol–water partition coefficient (Wildman–Crippen LogP) is 2.82. The van der Waals surface area contributed by atoms with Crippen LogP contribution in [0.2, 0.25) is 0 Å². The van der Waals surface area contributed by atoms with E-state index in [1.165, 1.54) is 10.8 Å². The number of aliphatic hydroxyl groups is 1. The number of aromatic nitrogens is 3. The topological polar surface area (TPSA) is 155 Å². The molecule has 1 aromatic carbocycles. The standard InChI is InChI=1S/C24H25N4O8P/c1-14(2)34-23(30)17-7-5-4-6-16(17)10-32-37(31)33-11-19-21(36-37)22(29)24(12-25,35-19)20-9-8-18-15(3)26-13-27-28(18)20/h4-9,13-14,19,21-22,29H,10-11H2,1-3H3/t19-,21-,22-,24+,37?/m1/s1. The fraction of sp³-hybridized carbons (Fsp3) is 0.417. The van der Waals surface area contributed by atoms with E-state index in [-0.39, 0.29) is 30.6 Å². The van der Waals surface area contributed by atoms with Crippen LogP contribution >= 0.6 is 7.82 Å². The van der Waals surface area contributed by atoms with Gasteiger partial charge in [0.05, 0.1) is 41.8 Å². The monoisotopic (exact) mass is 528 g/mol. The average Bonchev–Trinajstić information content (AvgIpc) is 3.43. The summed E-state index contributed by atoms with van der Waals surface area (Å²) in [7, 11) is -4.20. The Labute approximate surface area is 212 Å². The van der Waals surface area contributed by atoms with Gasteiger partial charge < -0.3 is 14.6 Å². The Morgan fingerprint density at radius 1 is 1.35 bits per heavy atom. The number of hydrogen-bond donors (Lipinski definition) is 1. The Morgan fingerprint density at radius 3 is 2.89 bits per heavy atom. The quantitative estimate of drug-likeness (QED) is 0.371. The number of aliphatic hydroxyl groups excluding tert-OH is 1. The minimum atomic E-state index is -4.20. The van der Waals surface area contributed by atoms with Crippen molar-refractivity contribution in [3.63, 3.8) is 0 Å². The lowest BCUT2D eigenvalue weighted by Gasteiger charge is -2.30. The summed E-state index contributed by atoms with van der Waals surface area (Å²) in [6, 6.07) is 12.0. The van der Waals surface area contributed by atoms with Crippen LogP contribution in [0.15, 0.2) is 42.7 Å². The molecule has 5 atom stereocenters. The Balaban J connectivity index is 1.36. The van der Waals surface area contributed by atoms with Crippen molar-refractivity contribution < 1.29 is 37.5 Å². The number of ether oxygens (including phenoxy) is 2. The van der Waals surface area contributed by atoms with Gasteiger partial charge in [-0.2, -0.15) is 10.4 Å². The van der Waals surface area contributed by atoms with E-state index < -0.39 is 37.7 Å². The minimum absolute atomic E-state index is 0.253. The number of rotatable bonds is 6. The van der Waals surface area contributed by atoms with Crippen molar-refractivity contribution in [2.45, 2.75) is 57.4 Å². The van der Waals surface area contributed by atoms with E-state index in [1.54, 1.807) is 57.2 Å². The maximum atomic E-state index is 13.3. The van der Waals surface area contributed by atoms with Crippen LogP contribution in [0.5, 0.6) is 0 Å². The molecule has 5 rings (SSSR count). The Bertz CT molecular complexity index is 1440. The molecule has 0 aliphatic carbocycles. The number of phosphoric acid groups is 1. The third kappa shape index (κ3) is 4.44. The molecule has 0 bridgehead atoms. The van der Waals surface area contributed by atoms with E-state index in [1.807, 2.05) is 6.07 Å². The number of aryl methyl sites for hydroxylation is 1. The van der Waals surface area contributed by atoms with Crippen molar-refractivity contribution in [1.29, 1.82) is 5.26 Å². The molecule has 3 aromatic rings. The van der Waals surface area contributed by atoms with Crippen LogP contribution in [-0.4, -0.2) is 56.7 Å². The highest BCUT2D eigenvalue weighted by Gasteiger charge is 2.62. The number of carbonyl (C=O) groups excluding carboxylic acids is 1. The van der Waals surface area contributed by atoms with Gasteiger partial charge in [-0.15, -0.1) is 0 Å². The smallest absolute Gasteiger partial charge is 0.459 e. The van der Waals surface area contributed by atoms with Crippen molar-refractivity contribution in [2.24, 2.45) is 0 Å². The third-order valence-electron chi connectivity index (χ3n) is 6.23. The molecule has 0 amide bonds. The van der Waals surface area contributed by atoms with Gasteiger partial charge in [-0.3, -0.25) is 13.6 Å². The number of phosphoric ester groups is 1. The molecule has 2 aliphatic rings. The fourth-order valence-electron chi connectivity index (χ4n) is 4.45. The molecule has 37 heavy (non-hydrogen) atoms. The Morgan fingerprint density at radius 2 is 2.14 bits per heavy atom. The first-order chi connectivity index (χ1) is 17.7. The summed E-state index contributed by atoms with van der Waals surface area (Å²) in [5.41, 5.74) is 0.390. The van der Waals surface area contributed by atoms with Gasteiger partial charge in [-0.1, -0.05) is 18.2 Å². The highest BCUT2D eigenvalue weighted by molar-refractivity contribution is 7.48. The highest BCUT2D eigenvalue weighted by Crippen LogP contribution is 2.58. The average molecular weight is 528 g/mol. The molecule has 0 saturated carbocycles. The van der Waals surface area contributed by atoms with Gasteiger partial charge in [0, 0.05) is 0 Å². The number of carbonyl (C=O) groups is 1. The lowest BCUT2D eigenvalue weighted by molar-refractivity contribution is -0.0781. The summed E-state index contributed by atoms with van der Waals surface area (Å²) in [6.07, 6.45) is -2.61. The van der Waals surface area contributed by atoms with Gasteiger partial charge in [0.25, 0.3) is 0 Å². The van der Waals surface area contributed by atoms with Crippen LogP contribution in [0.3, 0.4) is 0 Å². The van der Waals surface area contributed by atoms with E-state index in [0.29, 0.717) is 16.8 Å². The maximum absolute atomic E-state index is 13.3. The van der Waals surface area contributed by atoms with Crippen LogP contribution in [0.25, 0.3) is 5.52 Å². The van der Waals surface area contributed by atoms with E-state index >= 15 is 0 Å². The summed E-state index contributed by atoms with van der Waals surface area (Å²) in [4.78, 5) is 16.6. The zero-order chi connectivity index (χ0) is 26.4. The lowest BCUT2D eigenvalue weighted by Crippen LogP contribution is -2.43. The van der Waals surface area contributed by atoms with Gasteiger partial charge in [-0.05, 0) is 44.5 Å². The molecule has 194 valence electrons. The minimum Gasteiger partial charge on any atom is -0.459 e. The van der Waals surface area contributed by atoms with Crippen LogP contribution < -0.4 is 0 Å². The van der Waals surface area contributed by atoms with Gasteiger partial charge in [-0.25, -0.2) is 18.9 Å². The van der Waals surface area contributed by atoms with E-state index in [2.05, 4.69) is 10.1 Å². The summed E-state index contributed by atoms with van der Waals surface area (Å²) < 4.78 is 42.6. The first kappa shape index (κ1) is 25.5. The molecule has 2 saturated heterocycles. The molecular weight excluding hydrogens is 503 g/mol. The Kier molecular flexibility index (Phi) is 6.62. The summed E-state index contributed by atoms with van der Waals surface area (Å²) in [5.74, 6) is -0.546. The van der Waals surface area contributed by atoms with Crippen LogP contribution in [0.1, 0.15) is 41.2 Å². The molecule has 4 heterocycles. The normalized spacial score (nSPS) is 29.2. The first-order valence-corrected chi connectivity index (χ1v) is 13.1. The number of esters is 1. The van der Waals surface area contributed by atoms with Crippen molar-refractivity contribution in [3.8, 4) is 6.07 Å². The SMILES string of the molecule is Cc1ncnn2c([C@]3(C#N)O[C@@H]4COP(=O)(OCc5ccccc5C(=O)OC(C)C)O[C@H]4[C@H]3O)ccc12. The first-order valence-electron chi connectivity index (χ1n) is 11.6. The highest BCUT2D eigenvalue weighted by atomic mass is 31.2. The molecule has 0 spiro atoms. The number of nitriles is 1. The van der Waals surface area contributed by atoms with Crippen molar-refractivity contribution in [1.82, 2.24) is 14.6 Å². The Hall–Kier alpha value is -3.17. The largest absolute Gasteiger partial charge is 0.475 e. The van der Waals surface area contributed by atoms with Crippen LogP contribution in [0.4, 0.5) is 0 Å².